The number of benzene rings is 2. The third kappa shape index (κ3) is 4.62. The van der Waals surface area contributed by atoms with Crippen LogP contribution in [-0.2, 0) is 0 Å². The molecule has 2 aromatic rings. The molecule has 0 saturated heterocycles. The number of halogens is 5. The Bertz CT molecular complexity index is 637. The molecule has 0 fully saturated rings. The van der Waals surface area contributed by atoms with Crippen LogP contribution in [0.4, 0.5) is 35.6 Å². The van der Waals surface area contributed by atoms with E-state index in [-0.39, 0.29) is 16.1 Å². The average Bonchev–Trinajstić information content (AvgIpc) is 2.37. The minimum Gasteiger partial charge on any atom is -0.262 e. The molecule has 0 aliphatic heterocycles. The van der Waals surface area contributed by atoms with Crippen molar-refractivity contribution in [1.82, 2.24) is 4.72 Å². The van der Waals surface area contributed by atoms with E-state index in [2.05, 4.69) is 0 Å². The molecule has 0 aliphatic rings. The molecule has 0 atom stereocenters. The Balaban J connectivity index is 2.45. The van der Waals surface area contributed by atoms with Crippen LogP contribution in [0.15, 0.2) is 60.7 Å². The predicted molar refractivity (Wildman–Crippen MR) is 76.7 cm³/mol. The number of amides is 2. The summed E-state index contributed by atoms with van der Waals surface area (Å²) in [5.74, 6) is 0. The van der Waals surface area contributed by atoms with Gasteiger partial charge in [0.1, 0.15) is 0 Å². The van der Waals surface area contributed by atoms with Crippen molar-refractivity contribution in [3.05, 3.63) is 60.7 Å². The molecule has 22 heavy (non-hydrogen) atoms. The highest BCUT2D eigenvalue weighted by molar-refractivity contribution is 8.44. The molecule has 9 heteroatoms. The molecule has 0 radical (unpaired) electrons. The summed E-state index contributed by atoms with van der Waals surface area (Å²) in [5.41, 5.74) is 0.0427. The van der Waals surface area contributed by atoms with Crippen molar-refractivity contribution in [2.24, 2.45) is 0 Å². The monoisotopic (exact) mass is 338 g/mol. The molecular formula is C13H11F5N2OS. The molecule has 0 spiro atoms. The van der Waals surface area contributed by atoms with Crippen molar-refractivity contribution in [2.75, 3.05) is 4.90 Å². The maximum atomic E-state index is 12.5. The van der Waals surface area contributed by atoms with Crippen LogP contribution in [0.2, 0.25) is 0 Å². The van der Waals surface area contributed by atoms with Gasteiger partial charge in [-0.2, -0.15) is 0 Å². The fourth-order valence-corrected chi connectivity index (χ4v) is 2.17. The molecule has 2 rings (SSSR count). The topological polar surface area (TPSA) is 32.3 Å². The van der Waals surface area contributed by atoms with Gasteiger partial charge in [-0.1, -0.05) is 55.8 Å². The number of anilines is 2. The van der Waals surface area contributed by atoms with Crippen molar-refractivity contribution in [1.29, 1.82) is 0 Å². The number of nitrogens with one attached hydrogen (secondary N) is 1. The maximum Gasteiger partial charge on any atom is 0.365 e. The van der Waals surface area contributed by atoms with Crippen LogP contribution in [0, 0.1) is 0 Å². The standard InChI is InChI=1S/C13H11F5N2OS/c14-22(15,16,17,18)19-13(21)20(11-7-3-1-4-8-11)12-9-5-2-6-10-12/h1-10H,(H,19,21). The summed E-state index contributed by atoms with van der Waals surface area (Å²) in [4.78, 5) is 12.3. The number of para-hydroxylation sites is 2. The van der Waals surface area contributed by atoms with Gasteiger partial charge in [-0.25, -0.2) is 9.52 Å². The summed E-state index contributed by atoms with van der Waals surface area (Å²) >= 11 is 0. The number of carbonyl (C=O) groups is 1. The first-order valence-electron chi connectivity index (χ1n) is 5.92. The Labute approximate surface area is 123 Å². The fourth-order valence-electron chi connectivity index (χ4n) is 1.75. The van der Waals surface area contributed by atoms with Gasteiger partial charge >= 0.3 is 16.4 Å². The molecule has 2 aromatic carbocycles. The molecular weight excluding hydrogens is 327 g/mol. The lowest BCUT2D eigenvalue weighted by molar-refractivity contribution is 0.247. The molecule has 1 N–H and O–H groups in total. The largest absolute Gasteiger partial charge is 0.365 e. The highest BCUT2D eigenvalue weighted by Gasteiger charge is 2.65. The van der Waals surface area contributed by atoms with Gasteiger partial charge < -0.3 is 0 Å². The van der Waals surface area contributed by atoms with Crippen LogP contribution in [0.3, 0.4) is 0 Å². The van der Waals surface area contributed by atoms with Gasteiger partial charge in [0.2, 0.25) is 0 Å². The SMILES string of the molecule is O=C(NS(F)(F)(F)(F)F)N(c1ccccc1)c1ccccc1. The molecule has 0 bridgehead atoms. The third-order valence-electron chi connectivity index (χ3n) is 2.51. The normalized spacial score (nSPS) is 14.6. The van der Waals surface area contributed by atoms with E-state index in [9.17, 15) is 24.2 Å². The van der Waals surface area contributed by atoms with Crippen LogP contribution >= 0.6 is 10.4 Å². The maximum absolute atomic E-state index is 12.5. The van der Waals surface area contributed by atoms with E-state index in [0.29, 0.717) is 4.90 Å². The smallest absolute Gasteiger partial charge is 0.262 e. The predicted octanol–water partition coefficient (Wildman–Crippen LogP) is 5.75. The first-order chi connectivity index (χ1) is 9.95. The Morgan fingerprint density at radius 2 is 1.14 bits per heavy atom. The zero-order chi connectivity index (χ0) is 16.5. The van der Waals surface area contributed by atoms with Crippen molar-refractivity contribution in [3.63, 3.8) is 0 Å². The summed E-state index contributed by atoms with van der Waals surface area (Å²) in [6.07, 6.45) is 0. The first kappa shape index (κ1) is 16.1. The fraction of sp³-hybridized carbons (Fsp3) is 0. The number of hydrogen-bond donors (Lipinski definition) is 1. The lowest BCUT2D eigenvalue weighted by Gasteiger charge is -2.41. The van der Waals surface area contributed by atoms with Crippen LogP contribution in [0.5, 0.6) is 0 Å². The Morgan fingerprint density at radius 1 is 0.773 bits per heavy atom. The van der Waals surface area contributed by atoms with Crippen molar-refractivity contribution >= 4 is 27.8 Å². The number of rotatable bonds is 3. The Kier molecular flexibility index (Phi) is 3.36. The second-order valence-electron chi connectivity index (χ2n) is 4.38. The molecule has 120 valence electrons. The lowest BCUT2D eigenvalue weighted by atomic mass is 10.2. The molecule has 0 saturated carbocycles. The van der Waals surface area contributed by atoms with Gasteiger partial charge in [-0.15, -0.1) is 0 Å². The third-order valence-corrected chi connectivity index (χ3v) is 3.07. The zero-order valence-electron chi connectivity index (χ0n) is 10.9. The van der Waals surface area contributed by atoms with E-state index in [4.69, 9.17) is 0 Å². The van der Waals surface area contributed by atoms with Crippen LogP contribution in [-0.4, -0.2) is 6.03 Å². The van der Waals surface area contributed by atoms with E-state index in [1.54, 1.807) is 12.1 Å². The Morgan fingerprint density at radius 3 is 1.45 bits per heavy atom. The number of hydrogen-bond acceptors (Lipinski definition) is 1. The summed E-state index contributed by atoms with van der Waals surface area (Å²) in [5, 5.41) is 0. The van der Waals surface area contributed by atoms with Crippen LogP contribution < -0.4 is 9.62 Å². The number of urea groups is 1. The van der Waals surface area contributed by atoms with E-state index in [1.165, 1.54) is 48.5 Å². The second kappa shape index (κ2) is 4.60. The molecule has 3 nitrogen and oxygen atoms in total. The quantitative estimate of drug-likeness (QED) is 0.710. The van der Waals surface area contributed by atoms with Gasteiger partial charge in [0.25, 0.3) is 0 Å². The van der Waals surface area contributed by atoms with Gasteiger partial charge in [0.15, 0.2) is 0 Å². The minimum atomic E-state index is -10.1. The summed E-state index contributed by atoms with van der Waals surface area (Å²) in [6, 6.07) is 12.4. The van der Waals surface area contributed by atoms with Crippen LogP contribution in [0.25, 0.3) is 0 Å². The van der Waals surface area contributed by atoms with Crippen LogP contribution in [0.1, 0.15) is 0 Å². The van der Waals surface area contributed by atoms with Crippen molar-refractivity contribution in [2.45, 2.75) is 0 Å². The minimum absolute atomic E-state index is 0.0213. The summed E-state index contributed by atoms with van der Waals surface area (Å²) in [6.45, 7) is 0. The molecule has 0 unspecified atom stereocenters. The molecule has 0 aliphatic carbocycles. The molecule has 0 aromatic heterocycles. The summed E-state index contributed by atoms with van der Waals surface area (Å²) in [7, 11) is -10.1. The zero-order valence-corrected chi connectivity index (χ0v) is 11.7. The molecule has 2 amide bonds. The molecule has 0 heterocycles. The highest BCUT2D eigenvalue weighted by Crippen LogP contribution is 2.94. The second-order valence-corrected chi connectivity index (χ2v) is 6.52. The van der Waals surface area contributed by atoms with E-state index < -0.39 is 16.4 Å². The van der Waals surface area contributed by atoms with Crippen molar-refractivity contribution in [3.8, 4) is 0 Å². The van der Waals surface area contributed by atoms with Gasteiger partial charge in [-0.3, -0.25) is 4.90 Å². The number of carbonyl (C=O) groups excluding carboxylic acids is 1. The van der Waals surface area contributed by atoms with Gasteiger partial charge in [0, 0.05) is 0 Å². The van der Waals surface area contributed by atoms with Crippen molar-refractivity contribution < 1.29 is 24.2 Å². The Hall–Kier alpha value is -2.29. The lowest BCUT2D eigenvalue weighted by Crippen LogP contribution is -2.42. The number of nitrogens with zero attached hydrogens (tertiary/aromatic N) is 1. The van der Waals surface area contributed by atoms with Gasteiger partial charge in [0.05, 0.1) is 11.4 Å². The average molecular weight is 338 g/mol. The van der Waals surface area contributed by atoms with E-state index >= 15 is 0 Å². The summed E-state index contributed by atoms with van der Waals surface area (Å²) < 4.78 is 62.4. The highest BCUT2D eigenvalue weighted by atomic mass is 32.5. The van der Waals surface area contributed by atoms with Gasteiger partial charge in [-0.05, 0) is 24.3 Å². The van der Waals surface area contributed by atoms with E-state index in [1.807, 2.05) is 0 Å². The first-order valence-corrected chi connectivity index (χ1v) is 7.87. The van der Waals surface area contributed by atoms with E-state index in [0.717, 1.165) is 0 Å².